The van der Waals surface area contributed by atoms with Gasteiger partial charge in [-0.1, -0.05) is 36.4 Å². The number of rotatable bonds is 7. The van der Waals surface area contributed by atoms with Crippen LogP contribution >= 0.6 is 0 Å². The van der Waals surface area contributed by atoms with Crippen LogP contribution in [0, 0.1) is 0 Å². The van der Waals surface area contributed by atoms with Crippen LogP contribution in [0.4, 0.5) is 15.3 Å². The number of hydrogen-bond donors (Lipinski definition) is 1. The Labute approximate surface area is 234 Å². The lowest BCUT2D eigenvalue weighted by Crippen LogP contribution is -2.49. The average molecular weight is 548 g/mol. The van der Waals surface area contributed by atoms with E-state index in [1.54, 1.807) is 30.0 Å². The van der Waals surface area contributed by atoms with Crippen molar-refractivity contribution in [3.63, 3.8) is 0 Å². The van der Waals surface area contributed by atoms with Crippen molar-refractivity contribution in [1.29, 1.82) is 0 Å². The van der Waals surface area contributed by atoms with Crippen LogP contribution in [0.2, 0.25) is 0 Å². The number of benzene rings is 2. The topological polar surface area (TPSA) is 106 Å². The van der Waals surface area contributed by atoms with Crippen LogP contribution < -0.4 is 10.9 Å². The first-order valence-electron chi connectivity index (χ1n) is 13.5. The maximum absolute atomic E-state index is 12.5. The van der Waals surface area contributed by atoms with Crippen molar-refractivity contribution in [1.82, 2.24) is 19.6 Å². The summed E-state index contributed by atoms with van der Waals surface area (Å²) in [6.45, 7) is 11.5. The summed E-state index contributed by atoms with van der Waals surface area (Å²) in [4.78, 5) is 40.7. The van der Waals surface area contributed by atoms with Gasteiger partial charge in [-0.25, -0.2) is 14.3 Å². The quantitative estimate of drug-likeness (QED) is 0.462. The van der Waals surface area contributed by atoms with Crippen molar-refractivity contribution >= 4 is 17.9 Å². The van der Waals surface area contributed by atoms with Crippen LogP contribution in [0.25, 0.3) is 11.3 Å². The van der Waals surface area contributed by atoms with Crippen LogP contribution in [0.3, 0.4) is 0 Å². The number of aromatic nitrogens is 2. The Balaban J connectivity index is 1.36. The highest BCUT2D eigenvalue weighted by Gasteiger charge is 2.25. The summed E-state index contributed by atoms with van der Waals surface area (Å²) in [5, 5.41) is 7.26. The molecular weight excluding hydrogens is 510 g/mol. The first-order valence-corrected chi connectivity index (χ1v) is 13.5. The van der Waals surface area contributed by atoms with E-state index in [0.29, 0.717) is 24.5 Å². The number of carbonyl (C=O) groups is 2. The highest BCUT2D eigenvalue weighted by Crippen LogP contribution is 2.19. The Hall–Kier alpha value is -4.18. The van der Waals surface area contributed by atoms with Crippen molar-refractivity contribution in [2.24, 2.45) is 0 Å². The molecule has 1 N–H and O–H groups in total. The van der Waals surface area contributed by atoms with Gasteiger partial charge in [-0.15, -0.1) is 0 Å². The van der Waals surface area contributed by atoms with Gasteiger partial charge in [-0.2, -0.15) is 5.10 Å². The largest absolute Gasteiger partial charge is 0.450 e. The SMILES string of the molecule is CCOC(=O)Nc1cccc(Cn2nc(-c3ccc(CN4CCN(C(=O)OC(C)(C)C)CC4)cc3)ccc2=O)c1. The highest BCUT2D eigenvalue weighted by molar-refractivity contribution is 5.84. The minimum Gasteiger partial charge on any atom is -0.450 e. The van der Waals surface area contributed by atoms with E-state index in [4.69, 9.17) is 9.47 Å². The second-order valence-electron chi connectivity index (χ2n) is 10.7. The summed E-state index contributed by atoms with van der Waals surface area (Å²) < 4.78 is 11.8. The number of nitrogens with zero attached hydrogens (tertiary/aromatic N) is 4. The third-order valence-corrected chi connectivity index (χ3v) is 6.33. The zero-order valence-electron chi connectivity index (χ0n) is 23.6. The van der Waals surface area contributed by atoms with Crippen molar-refractivity contribution in [3.8, 4) is 11.3 Å². The van der Waals surface area contributed by atoms with Crippen molar-refractivity contribution in [2.45, 2.75) is 46.4 Å². The lowest BCUT2D eigenvalue weighted by molar-refractivity contribution is 0.0139. The molecule has 0 spiro atoms. The molecule has 0 aliphatic carbocycles. The summed E-state index contributed by atoms with van der Waals surface area (Å²) in [5.74, 6) is 0. The van der Waals surface area contributed by atoms with Gasteiger partial charge in [0.1, 0.15) is 5.60 Å². The Bertz CT molecular complexity index is 1370. The minimum atomic E-state index is -0.525. The molecule has 1 aliphatic heterocycles. The second-order valence-corrected chi connectivity index (χ2v) is 10.7. The van der Waals surface area contributed by atoms with E-state index in [2.05, 4.69) is 27.4 Å². The summed E-state index contributed by atoms with van der Waals surface area (Å²) >= 11 is 0. The Morgan fingerprint density at radius 3 is 2.33 bits per heavy atom. The summed E-state index contributed by atoms with van der Waals surface area (Å²) in [6, 6.07) is 18.6. The van der Waals surface area contributed by atoms with Gasteiger partial charge in [0.2, 0.25) is 0 Å². The van der Waals surface area contributed by atoms with E-state index in [1.807, 2.05) is 45.0 Å². The average Bonchev–Trinajstić information content (AvgIpc) is 2.90. The molecule has 40 heavy (non-hydrogen) atoms. The molecule has 0 radical (unpaired) electrons. The van der Waals surface area contributed by atoms with Gasteiger partial charge in [-0.3, -0.25) is 15.0 Å². The van der Waals surface area contributed by atoms with E-state index in [0.717, 1.165) is 36.3 Å². The molecule has 1 aliphatic rings. The molecule has 4 rings (SSSR count). The lowest BCUT2D eigenvalue weighted by Gasteiger charge is -2.35. The molecule has 2 amide bonds. The number of piperazine rings is 1. The fourth-order valence-electron chi connectivity index (χ4n) is 4.38. The fourth-order valence-corrected chi connectivity index (χ4v) is 4.38. The number of ether oxygens (including phenoxy) is 2. The molecule has 212 valence electrons. The van der Waals surface area contributed by atoms with Crippen LogP contribution in [0.1, 0.15) is 38.8 Å². The molecule has 0 atom stereocenters. The zero-order valence-corrected chi connectivity index (χ0v) is 23.6. The number of amides is 2. The Morgan fingerprint density at radius 1 is 0.925 bits per heavy atom. The van der Waals surface area contributed by atoms with E-state index in [-0.39, 0.29) is 24.8 Å². The maximum atomic E-state index is 12.5. The molecule has 0 saturated carbocycles. The minimum absolute atomic E-state index is 0.213. The lowest BCUT2D eigenvalue weighted by atomic mass is 10.1. The van der Waals surface area contributed by atoms with Gasteiger partial charge < -0.3 is 14.4 Å². The molecule has 10 heteroatoms. The van der Waals surface area contributed by atoms with Crippen molar-refractivity contribution in [3.05, 3.63) is 82.1 Å². The third-order valence-electron chi connectivity index (χ3n) is 6.33. The van der Waals surface area contributed by atoms with Crippen molar-refractivity contribution in [2.75, 3.05) is 38.1 Å². The van der Waals surface area contributed by atoms with Gasteiger partial charge in [-0.05, 0) is 57.0 Å². The number of anilines is 1. The zero-order chi connectivity index (χ0) is 28.7. The molecule has 1 fully saturated rings. The molecule has 1 aromatic heterocycles. The highest BCUT2D eigenvalue weighted by atomic mass is 16.6. The van der Waals surface area contributed by atoms with Crippen LogP contribution in [0.5, 0.6) is 0 Å². The summed E-state index contributed by atoms with van der Waals surface area (Å²) in [5.41, 5.74) is 3.46. The fraction of sp³-hybridized carbons (Fsp3) is 0.400. The molecule has 3 aromatic rings. The summed E-state index contributed by atoms with van der Waals surface area (Å²) in [7, 11) is 0. The molecule has 0 unspecified atom stereocenters. The number of carbonyl (C=O) groups excluding carboxylic acids is 2. The van der Waals surface area contributed by atoms with E-state index in [1.165, 1.54) is 10.7 Å². The van der Waals surface area contributed by atoms with E-state index in [9.17, 15) is 14.4 Å². The Morgan fingerprint density at radius 2 is 1.65 bits per heavy atom. The van der Waals surface area contributed by atoms with Gasteiger partial charge in [0.05, 0.1) is 18.8 Å². The first kappa shape index (κ1) is 28.8. The standard InChI is InChI=1S/C30H37N5O5/c1-5-39-28(37)31-25-8-6-7-23(19-25)21-35-27(36)14-13-26(32-35)24-11-9-22(10-12-24)20-33-15-17-34(18-16-33)29(38)40-30(2,3)4/h6-14,19H,5,15-18,20-21H2,1-4H3,(H,31,37). The normalized spacial score (nSPS) is 14.1. The number of nitrogens with one attached hydrogen (secondary N) is 1. The van der Waals surface area contributed by atoms with E-state index >= 15 is 0 Å². The van der Waals surface area contributed by atoms with Crippen LogP contribution in [0.15, 0.2) is 65.5 Å². The second kappa shape index (κ2) is 12.8. The predicted molar refractivity (Wildman–Crippen MR) is 153 cm³/mol. The van der Waals surface area contributed by atoms with Crippen molar-refractivity contribution < 1.29 is 19.1 Å². The van der Waals surface area contributed by atoms with Gasteiger partial charge in [0, 0.05) is 50.0 Å². The van der Waals surface area contributed by atoms with Crippen LogP contribution in [-0.4, -0.2) is 70.2 Å². The van der Waals surface area contributed by atoms with E-state index < -0.39 is 11.7 Å². The smallest absolute Gasteiger partial charge is 0.411 e. The Kier molecular flexibility index (Phi) is 9.21. The maximum Gasteiger partial charge on any atom is 0.411 e. The van der Waals surface area contributed by atoms with Gasteiger partial charge in [0.15, 0.2) is 0 Å². The van der Waals surface area contributed by atoms with Gasteiger partial charge >= 0.3 is 12.2 Å². The molecule has 10 nitrogen and oxygen atoms in total. The molecule has 1 saturated heterocycles. The summed E-state index contributed by atoms with van der Waals surface area (Å²) in [6.07, 6.45) is -0.783. The molecule has 0 bridgehead atoms. The first-order chi connectivity index (χ1) is 19.1. The molecular formula is C30H37N5O5. The monoisotopic (exact) mass is 547 g/mol. The molecule has 2 heterocycles. The van der Waals surface area contributed by atoms with Crippen LogP contribution in [-0.2, 0) is 22.6 Å². The third kappa shape index (κ3) is 8.16. The predicted octanol–water partition coefficient (Wildman–Crippen LogP) is 4.58. The number of hydrogen-bond acceptors (Lipinski definition) is 7. The molecule has 2 aromatic carbocycles. The van der Waals surface area contributed by atoms with Gasteiger partial charge in [0.25, 0.3) is 5.56 Å².